The number of hydrogen-bond acceptors (Lipinski definition) is 3. The van der Waals surface area contributed by atoms with E-state index in [0.29, 0.717) is 19.7 Å². The van der Waals surface area contributed by atoms with E-state index in [0.717, 1.165) is 25.2 Å². The Hall–Kier alpha value is -1.75. The van der Waals surface area contributed by atoms with Gasteiger partial charge in [-0.1, -0.05) is 6.07 Å². The molecule has 1 aromatic rings. The van der Waals surface area contributed by atoms with Crippen LogP contribution in [0.15, 0.2) is 18.2 Å². The molecule has 0 spiro atoms. The second kappa shape index (κ2) is 7.88. The van der Waals surface area contributed by atoms with Crippen molar-refractivity contribution in [3.8, 4) is 5.75 Å². The Labute approximate surface area is 126 Å². The number of amides is 2. The molecule has 5 nitrogen and oxygen atoms in total. The van der Waals surface area contributed by atoms with E-state index in [-0.39, 0.29) is 12.1 Å². The SMILES string of the molecule is Cc1ccc(OCCNC(=O)NCC2CCCO2)cc1C. The molecule has 0 aliphatic carbocycles. The van der Waals surface area contributed by atoms with Gasteiger partial charge in [0.1, 0.15) is 12.4 Å². The van der Waals surface area contributed by atoms with E-state index in [2.05, 4.69) is 24.5 Å². The molecule has 21 heavy (non-hydrogen) atoms. The smallest absolute Gasteiger partial charge is 0.315 e. The number of hydrogen-bond donors (Lipinski definition) is 2. The lowest BCUT2D eigenvalue weighted by molar-refractivity contribution is 0.111. The summed E-state index contributed by atoms with van der Waals surface area (Å²) in [4.78, 5) is 11.6. The van der Waals surface area contributed by atoms with E-state index in [9.17, 15) is 4.79 Å². The standard InChI is InChI=1S/C16H24N2O3/c1-12-5-6-14(10-13(12)2)21-9-7-17-16(19)18-11-15-4-3-8-20-15/h5-6,10,15H,3-4,7-9,11H2,1-2H3,(H2,17,18,19). The summed E-state index contributed by atoms with van der Waals surface area (Å²) in [5.41, 5.74) is 2.45. The third-order valence-corrected chi connectivity index (χ3v) is 3.65. The molecule has 1 saturated heterocycles. The van der Waals surface area contributed by atoms with Gasteiger partial charge in [0.2, 0.25) is 0 Å². The van der Waals surface area contributed by atoms with Gasteiger partial charge in [0.25, 0.3) is 0 Å². The zero-order valence-electron chi connectivity index (χ0n) is 12.8. The predicted octanol–water partition coefficient (Wildman–Crippen LogP) is 2.16. The van der Waals surface area contributed by atoms with E-state index in [4.69, 9.17) is 9.47 Å². The van der Waals surface area contributed by atoms with Crippen LogP contribution in [0.1, 0.15) is 24.0 Å². The van der Waals surface area contributed by atoms with Crippen LogP contribution >= 0.6 is 0 Å². The van der Waals surface area contributed by atoms with Crippen molar-refractivity contribution in [2.75, 3.05) is 26.3 Å². The molecule has 1 atom stereocenters. The topological polar surface area (TPSA) is 59.6 Å². The highest BCUT2D eigenvalue weighted by Crippen LogP contribution is 2.16. The largest absolute Gasteiger partial charge is 0.492 e. The summed E-state index contributed by atoms with van der Waals surface area (Å²) in [5, 5.41) is 5.58. The lowest BCUT2D eigenvalue weighted by Gasteiger charge is -2.12. The highest BCUT2D eigenvalue weighted by atomic mass is 16.5. The first kappa shape index (κ1) is 15.6. The van der Waals surface area contributed by atoms with Crippen LogP contribution in [0.5, 0.6) is 5.75 Å². The average Bonchev–Trinajstić information content (AvgIpc) is 2.98. The molecule has 1 aromatic carbocycles. The molecular formula is C16H24N2O3. The molecule has 2 amide bonds. The molecule has 116 valence electrons. The molecule has 1 fully saturated rings. The summed E-state index contributed by atoms with van der Waals surface area (Å²) < 4.78 is 11.0. The van der Waals surface area contributed by atoms with Gasteiger partial charge in [-0.15, -0.1) is 0 Å². The third kappa shape index (κ3) is 5.27. The van der Waals surface area contributed by atoms with Crippen molar-refractivity contribution in [1.29, 1.82) is 0 Å². The number of benzene rings is 1. The highest BCUT2D eigenvalue weighted by molar-refractivity contribution is 5.73. The van der Waals surface area contributed by atoms with Crippen LogP contribution in [0.3, 0.4) is 0 Å². The fourth-order valence-corrected chi connectivity index (χ4v) is 2.21. The lowest BCUT2D eigenvalue weighted by atomic mass is 10.1. The second-order valence-electron chi connectivity index (χ2n) is 5.37. The molecule has 0 radical (unpaired) electrons. The molecule has 0 saturated carbocycles. The maximum atomic E-state index is 11.6. The monoisotopic (exact) mass is 292 g/mol. The van der Waals surface area contributed by atoms with Crippen molar-refractivity contribution in [2.45, 2.75) is 32.8 Å². The summed E-state index contributed by atoms with van der Waals surface area (Å²) in [6.45, 7) is 6.43. The first-order valence-electron chi connectivity index (χ1n) is 7.48. The van der Waals surface area contributed by atoms with E-state index in [1.165, 1.54) is 11.1 Å². The average molecular weight is 292 g/mol. The molecule has 1 unspecified atom stereocenters. The predicted molar refractivity (Wildman–Crippen MR) is 81.8 cm³/mol. The van der Waals surface area contributed by atoms with Gasteiger partial charge in [-0.05, 0) is 49.9 Å². The van der Waals surface area contributed by atoms with Crippen LogP contribution in [0, 0.1) is 13.8 Å². The molecule has 2 N–H and O–H groups in total. The van der Waals surface area contributed by atoms with Gasteiger partial charge in [-0.25, -0.2) is 4.79 Å². The molecule has 2 rings (SSSR count). The van der Waals surface area contributed by atoms with Gasteiger partial charge in [0.05, 0.1) is 12.6 Å². The van der Waals surface area contributed by atoms with Gasteiger partial charge >= 0.3 is 6.03 Å². The van der Waals surface area contributed by atoms with Crippen molar-refractivity contribution in [1.82, 2.24) is 10.6 Å². The van der Waals surface area contributed by atoms with Crippen LogP contribution in [-0.4, -0.2) is 38.4 Å². The first-order chi connectivity index (χ1) is 10.1. The second-order valence-corrected chi connectivity index (χ2v) is 5.37. The van der Waals surface area contributed by atoms with E-state index < -0.39 is 0 Å². The summed E-state index contributed by atoms with van der Waals surface area (Å²) in [6, 6.07) is 5.81. The van der Waals surface area contributed by atoms with Crippen LogP contribution < -0.4 is 15.4 Å². The summed E-state index contributed by atoms with van der Waals surface area (Å²) >= 11 is 0. The minimum absolute atomic E-state index is 0.169. The fourth-order valence-electron chi connectivity index (χ4n) is 2.21. The Morgan fingerprint density at radius 3 is 2.90 bits per heavy atom. The number of nitrogens with one attached hydrogen (secondary N) is 2. The number of carbonyl (C=O) groups excluding carboxylic acids is 1. The van der Waals surface area contributed by atoms with Crippen LogP contribution in [0.25, 0.3) is 0 Å². The summed E-state index contributed by atoms with van der Waals surface area (Å²) in [5.74, 6) is 0.833. The van der Waals surface area contributed by atoms with Gasteiger partial charge in [-0.3, -0.25) is 0 Å². The molecule has 1 aliphatic rings. The molecule has 1 heterocycles. The Morgan fingerprint density at radius 2 is 2.19 bits per heavy atom. The lowest BCUT2D eigenvalue weighted by Crippen LogP contribution is -2.41. The number of carbonyl (C=O) groups is 1. The summed E-state index contributed by atoms with van der Waals surface area (Å²) in [7, 11) is 0. The quantitative estimate of drug-likeness (QED) is 0.790. The molecule has 5 heteroatoms. The van der Waals surface area contributed by atoms with Crippen molar-refractivity contribution >= 4 is 6.03 Å². The zero-order chi connectivity index (χ0) is 15.1. The van der Waals surface area contributed by atoms with Crippen molar-refractivity contribution in [3.05, 3.63) is 29.3 Å². The van der Waals surface area contributed by atoms with Crippen molar-refractivity contribution < 1.29 is 14.3 Å². The van der Waals surface area contributed by atoms with Gasteiger partial charge in [0.15, 0.2) is 0 Å². The fraction of sp³-hybridized carbons (Fsp3) is 0.562. The Kier molecular flexibility index (Phi) is 5.87. The van der Waals surface area contributed by atoms with Crippen LogP contribution in [0.2, 0.25) is 0 Å². The van der Waals surface area contributed by atoms with Gasteiger partial charge < -0.3 is 20.1 Å². The Bertz CT molecular complexity index is 471. The maximum absolute atomic E-state index is 11.6. The van der Waals surface area contributed by atoms with E-state index in [1.807, 2.05) is 18.2 Å². The highest BCUT2D eigenvalue weighted by Gasteiger charge is 2.15. The minimum atomic E-state index is -0.172. The van der Waals surface area contributed by atoms with E-state index >= 15 is 0 Å². The Balaban J connectivity index is 1.58. The molecule has 0 aromatic heterocycles. The third-order valence-electron chi connectivity index (χ3n) is 3.65. The van der Waals surface area contributed by atoms with Gasteiger partial charge in [-0.2, -0.15) is 0 Å². The normalized spacial score (nSPS) is 17.5. The number of rotatable bonds is 6. The number of aryl methyl sites for hydroxylation is 2. The number of urea groups is 1. The minimum Gasteiger partial charge on any atom is -0.492 e. The maximum Gasteiger partial charge on any atom is 0.315 e. The van der Waals surface area contributed by atoms with Crippen molar-refractivity contribution in [2.24, 2.45) is 0 Å². The van der Waals surface area contributed by atoms with Crippen molar-refractivity contribution in [3.63, 3.8) is 0 Å². The van der Waals surface area contributed by atoms with Gasteiger partial charge in [0, 0.05) is 13.2 Å². The molecule has 0 bridgehead atoms. The summed E-state index contributed by atoms with van der Waals surface area (Å²) in [6.07, 6.45) is 2.27. The van der Waals surface area contributed by atoms with E-state index in [1.54, 1.807) is 0 Å². The molecule has 1 aliphatic heterocycles. The Morgan fingerprint density at radius 1 is 1.33 bits per heavy atom. The zero-order valence-corrected chi connectivity index (χ0v) is 12.8. The van der Waals surface area contributed by atoms with Crippen LogP contribution in [-0.2, 0) is 4.74 Å². The molecular weight excluding hydrogens is 268 g/mol. The first-order valence-corrected chi connectivity index (χ1v) is 7.48. The van der Waals surface area contributed by atoms with Crippen LogP contribution in [0.4, 0.5) is 4.79 Å². The number of ether oxygens (including phenoxy) is 2.